The van der Waals surface area contributed by atoms with Gasteiger partial charge in [-0.2, -0.15) is 0 Å². The second-order valence-corrected chi connectivity index (χ2v) is 13.5. The number of halogens is 1. The van der Waals surface area contributed by atoms with E-state index < -0.39 is 19.2 Å². The zero-order valence-electron chi connectivity index (χ0n) is 16.9. The molecule has 1 aromatic carbocycles. The SMILES string of the molecule is COc1ccc(-c2oc(C(Br)CCN[SH](=O)=O)c(O[Si](C)(C)C)c2O)c(OC)c1. The Labute approximate surface area is 181 Å². The first kappa shape index (κ1) is 23.6. The molecule has 0 amide bonds. The highest BCUT2D eigenvalue weighted by Gasteiger charge is 2.31. The summed E-state index contributed by atoms with van der Waals surface area (Å²) in [5, 5.41) is 10.9. The molecule has 8 nitrogen and oxygen atoms in total. The minimum atomic E-state index is -2.68. The van der Waals surface area contributed by atoms with E-state index in [0.717, 1.165) is 0 Å². The second-order valence-electron chi connectivity index (χ2n) is 7.18. The van der Waals surface area contributed by atoms with E-state index in [-0.39, 0.29) is 28.6 Å². The van der Waals surface area contributed by atoms with Crippen LogP contribution in [0, 0.1) is 0 Å². The predicted molar refractivity (Wildman–Crippen MR) is 117 cm³/mol. The maximum Gasteiger partial charge on any atom is 0.242 e. The van der Waals surface area contributed by atoms with Crippen LogP contribution in [0.15, 0.2) is 22.6 Å². The summed E-state index contributed by atoms with van der Waals surface area (Å²) in [5.41, 5.74) is 0.540. The lowest BCUT2D eigenvalue weighted by Gasteiger charge is -2.20. The van der Waals surface area contributed by atoms with Crippen LogP contribution in [-0.2, 0) is 10.9 Å². The van der Waals surface area contributed by atoms with Gasteiger partial charge < -0.3 is 23.4 Å². The van der Waals surface area contributed by atoms with Crippen LogP contribution in [-0.4, -0.2) is 42.6 Å². The van der Waals surface area contributed by atoms with Crippen LogP contribution in [0.25, 0.3) is 11.3 Å². The third kappa shape index (κ3) is 6.14. The summed E-state index contributed by atoms with van der Waals surface area (Å²) in [7, 11) is -1.70. The van der Waals surface area contributed by atoms with Gasteiger partial charge in [-0.25, -0.2) is 13.1 Å². The van der Waals surface area contributed by atoms with Gasteiger partial charge in [-0.3, -0.25) is 0 Å². The molecule has 2 N–H and O–H groups in total. The largest absolute Gasteiger partial charge is 0.539 e. The lowest BCUT2D eigenvalue weighted by molar-refractivity contribution is 0.393. The van der Waals surface area contributed by atoms with Crippen LogP contribution in [0.1, 0.15) is 17.0 Å². The molecule has 1 aromatic heterocycles. The first-order chi connectivity index (χ1) is 13.6. The van der Waals surface area contributed by atoms with Crippen LogP contribution >= 0.6 is 15.9 Å². The molecule has 0 radical (unpaired) electrons. The summed E-state index contributed by atoms with van der Waals surface area (Å²) in [4.78, 5) is -0.375. The van der Waals surface area contributed by atoms with Crippen molar-refractivity contribution in [2.75, 3.05) is 20.8 Å². The molecule has 162 valence electrons. The summed E-state index contributed by atoms with van der Waals surface area (Å²) in [5.74, 6) is 1.80. The Hall–Kier alpha value is -1.69. The van der Waals surface area contributed by atoms with E-state index >= 15 is 0 Å². The summed E-state index contributed by atoms with van der Waals surface area (Å²) in [6.45, 7) is 6.18. The Morgan fingerprint density at radius 1 is 1.24 bits per heavy atom. The molecule has 0 bridgehead atoms. The Kier molecular flexibility index (Phi) is 8.03. The van der Waals surface area contributed by atoms with Crippen molar-refractivity contribution in [3.8, 4) is 34.3 Å². The zero-order valence-corrected chi connectivity index (χ0v) is 20.4. The first-order valence-corrected chi connectivity index (χ1v) is 14.4. The number of thiol groups is 1. The summed E-state index contributed by atoms with van der Waals surface area (Å²) in [6, 6.07) is 5.15. The number of aromatic hydroxyl groups is 1. The van der Waals surface area contributed by atoms with Gasteiger partial charge in [0.05, 0.1) is 24.6 Å². The highest BCUT2D eigenvalue weighted by Crippen LogP contribution is 2.50. The number of alkyl halides is 1. The van der Waals surface area contributed by atoms with Crippen molar-refractivity contribution in [3.63, 3.8) is 0 Å². The fourth-order valence-corrected chi connectivity index (χ4v) is 4.27. The Balaban J connectivity index is 2.52. The summed E-state index contributed by atoms with van der Waals surface area (Å²) >= 11 is 3.52. The molecule has 1 heterocycles. The van der Waals surface area contributed by atoms with E-state index in [4.69, 9.17) is 18.3 Å². The van der Waals surface area contributed by atoms with Crippen LogP contribution in [0.4, 0.5) is 0 Å². The van der Waals surface area contributed by atoms with Gasteiger partial charge in [-0.05, 0) is 38.2 Å². The lowest BCUT2D eigenvalue weighted by Crippen LogP contribution is -2.29. The van der Waals surface area contributed by atoms with Gasteiger partial charge >= 0.3 is 0 Å². The van der Waals surface area contributed by atoms with Crippen molar-refractivity contribution < 1.29 is 31.8 Å². The average Bonchev–Trinajstić information content (AvgIpc) is 2.95. The molecule has 2 rings (SSSR count). The molecule has 11 heteroatoms. The monoisotopic (exact) mass is 507 g/mol. The number of ether oxygens (including phenoxy) is 2. The Morgan fingerprint density at radius 3 is 2.48 bits per heavy atom. The summed E-state index contributed by atoms with van der Waals surface area (Å²) in [6.07, 6.45) is 0.400. The van der Waals surface area contributed by atoms with Gasteiger partial charge in [0.25, 0.3) is 0 Å². The Morgan fingerprint density at radius 2 is 1.93 bits per heavy atom. The molecular weight excluding hydrogens is 482 g/mol. The van der Waals surface area contributed by atoms with Gasteiger partial charge in [0.1, 0.15) is 11.5 Å². The molecule has 0 saturated heterocycles. The topological polar surface area (TPSA) is 107 Å². The minimum Gasteiger partial charge on any atom is -0.539 e. The van der Waals surface area contributed by atoms with Crippen molar-refractivity contribution in [1.29, 1.82) is 0 Å². The molecule has 0 aliphatic carbocycles. The number of benzene rings is 1. The smallest absolute Gasteiger partial charge is 0.242 e. The Bertz CT molecular complexity index is 916. The fourth-order valence-electron chi connectivity index (χ4n) is 2.62. The van der Waals surface area contributed by atoms with E-state index in [2.05, 4.69) is 20.7 Å². The number of hydrogen-bond donors (Lipinski definition) is 3. The number of furan rings is 1. The van der Waals surface area contributed by atoms with Crippen molar-refractivity contribution >= 4 is 35.1 Å². The molecule has 0 aliphatic rings. The number of methoxy groups -OCH3 is 2. The number of hydrogen-bond acceptors (Lipinski definition) is 7. The third-order valence-electron chi connectivity index (χ3n) is 3.85. The van der Waals surface area contributed by atoms with Crippen molar-refractivity contribution in [2.45, 2.75) is 30.9 Å². The molecule has 0 aliphatic heterocycles. The normalized spacial score (nSPS) is 12.8. The molecule has 2 aromatic rings. The second kappa shape index (κ2) is 9.87. The van der Waals surface area contributed by atoms with E-state index in [9.17, 15) is 13.5 Å². The molecule has 1 unspecified atom stereocenters. The van der Waals surface area contributed by atoms with Gasteiger partial charge in [0.2, 0.25) is 25.0 Å². The van der Waals surface area contributed by atoms with Crippen LogP contribution in [0.5, 0.6) is 23.0 Å². The molecular formula is C18H26BrNO7SSi. The number of nitrogens with one attached hydrogen (secondary N) is 1. The van der Waals surface area contributed by atoms with Crippen molar-refractivity contribution in [1.82, 2.24) is 4.72 Å². The van der Waals surface area contributed by atoms with Crippen LogP contribution < -0.4 is 18.6 Å². The molecule has 1 atom stereocenters. The van der Waals surface area contributed by atoms with Crippen LogP contribution in [0.3, 0.4) is 0 Å². The van der Waals surface area contributed by atoms with Gasteiger partial charge in [0, 0.05) is 12.6 Å². The van der Waals surface area contributed by atoms with Gasteiger partial charge in [-0.1, -0.05) is 15.9 Å². The van der Waals surface area contributed by atoms with Crippen LogP contribution in [0.2, 0.25) is 19.6 Å². The van der Waals surface area contributed by atoms with Crippen molar-refractivity contribution in [3.05, 3.63) is 24.0 Å². The standard InChI is InChI=1S/C18H26BrNO7SSi/c1-24-11-6-7-12(14(10-11)25-2)16-15(21)18(27-29(3,4)5)17(26-16)13(19)8-9-20-28(22)23/h6-7,10,13,21,28H,8-9H2,1-5H3,(H,20,22,23). The molecule has 29 heavy (non-hydrogen) atoms. The zero-order chi connectivity index (χ0) is 21.8. The number of rotatable bonds is 10. The van der Waals surface area contributed by atoms with Crippen molar-refractivity contribution in [2.24, 2.45) is 0 Å². The maximum atomic E-state index is 10.9. The summed E-state index contributed by atoms with van der Waals surface area (Å²) < 4.78 is 46.6. The highest BCUT2D eigenvalue weighted by molar-refractivity contribution is 9.09. The molecule has 0 spiro atoms. The molecule has 0 fully saturated rings. The quantitative estimate of drug-likeness (QED) is 0.254. The highest BCUT2D eigenvalue weighted by atomic mass is 79.9. The maximum absolute atomic E-state index is 10.9. The first-order valence-electron chi connectivity index (χ1n) is 8.86. The van der Waals surface area contributed by atoms with Gasteiger partial charge in [0.15, 0.2) is 17.3 Å². The third-order valence-corrected chi connectivity index (χ3v) is 6.02. The van der Waals surface area contributed by atoms with Gasteiger partial charge in [-0.15, -0.1) is 0 Å². The van der Waals surface area contributed by atoms with E-state index in [0.29, 0.717) is 29.2 Å². The minimum absolute atomic E-state index is 0.127. The van der Waals surface area contributed by atoms with E-state index in [1.807, 2.05) is 19.6 Å². The fraction of sp³-hybridized carbons (Fsp3) is 0.444. The van der Waals surface area contributed by atoms with E-state index in [1.165, 1.54) is 7.11 Å². The predicted octanol–water partition coefficient (Wildman–Crippen LogP) is 3.83. The molecule has 0 saturated carbocycles. The average molecular weight is 508 g/mol. The van der Waals surface area contributed by atoms with E-state index in [1.54, 1.807) is 25.3 Å². The lowest BCUT2D eigenvalue weighted by atomic mass is 10.1.